The highest BCUT2D eigenvalue weighted by molar-refractivity contribution is 6.11. The average molecular weight is 1360 g/mol. The van der Waals surface area contributed by atoms with Gasteiger partial charge in [-0.1, -0.05) is 189 Å². The molecule has 2 N–H and O–H groups in total. The van der Waals surface area contributed by atoms with E-state index in [2.05, 4.69) is 230 Å². The van der Waals surface area contributed by atoms with Gasteiger partial charge in [0.15, 0.2) is 0 Å². The van der Waals surface area contributed by atoms with Crippen molar-refractivity contribution in [2.45, 2.75) is 237 Å². The van der Waals surface area contributed by atoms with Crippen molar-refractivity contribution in [2.75, 3.05) is 13.2 Å². The molecule has 0 spiro atoms. The van der Waals surface area contributed by atoms with Gasteiger partial charge in [-0.05, 0) is 211 Å². The topological polar surface area (TPSA) is 68.8 Å². The Morgan fingerprint density at radius 3 is 1.32 bits per heavy atom. The summed E-state index contributed by atoms with van der Waals surface area (Å²) in [5, 5.41) is 31.4. The number of phenolic OH excluding ortho intramolecular Hbond substituents is 1. The number of hydrogen-bond acceptors (Lipinski definition) is 4. The van der Waals surface area contributed by atoms with Gasteiger partial charge in [-0.25, -0.2) is 0 Å². The molecule has 0 bridgehead atoms. The number of halogens is 6. The molecule has 1 aliphatic carbocycles. The van der Waals surface area contributed by atoms with Crippen molar-refractivity contribution in [3.63, 3.8) is 0 Å². The van der Waals surface area contributed by atoms with E-state index in [1.165, 1.54) is 0 Å². The summed E-state index contributed by atoms with van der Waals surface area (Å²) in [5.74, 6) is -2.49. The zero-order chi connectivity index (χ0) is 73.5. The van der Waals surface area contributed by atoms with Gasteiger partial charge in [-0.2, -0.15) is 26.3 Å². The minimum absolute atomic E-state index is 0.0310. The van der Waals surface area contributed by atoms with Crippen molar-refractivity contribution < 1.29 is 46.0 Å². The van der Waals surface area contributed by atoms with E-state index in [1.54, 1.807) is 19.9 Å². The summed E-state index contributed by atoms with van der Waals surface area (Å²) >= 11 is 0. The summed E-state index contributed by atoms with van der Waals surface area (Å²) in [4.78, 5) is 0. The fourth-order valence-corrected chi connectivity index (χ4v) is 15.5. The molecule has 0 saturated heterocycles. The predicted octanol–water partition coefficient (Wildman–Crippen LogP) is 25.0. The molecule has 0 aliphatic heterocycles. The lowest BCUT2D eigenvalue weighted by Gasteiger charge is -2.44. The number of phenols is 1. The van der Waals surface area contributed by atoms with Crippen LogP contribution in [0.3, 0.4) is 0 Å². The lowest BCUT2D eigenvalue weighted by atomic mass is 9.68. The third-order valence-corrected chi connectivity index (χ3v) is 20.0. The Bertz CT molecular complexity index is 4530. The number of aryl methyl sites for hydroxylation is 2. The number of rotatable bonds is 14. The van der Waals surface area contributed by atoms with E-state index in [0.29, 0.717) is 24.1 Å². The Morgan fingerprint density at radius 1 is 0.455 bits per heavy atom. The first-order chi connectivity index (χ1) is 45.2. The van der Waals surface area contributed by atoms with Crippen LogP contribution in [-0.2, 0) is 44.2 Å². The van der Waals surface area contributed by atoms with Crippen LogP contribution in [0.4, 0.5) is 26.3 Å². The normalized spacial score (nSPS) is 16.8. The zero-order valence-corrected chi connectivity index (χ0v) is 63.1. The fourth-order valence-electron chi connectivity index (χ4n) is 15.5. The highest BCUT2D eigenvalue weighted by Crippen LogP contribution is 2.54. The number of aromatic hydroxyl groups is 1. The van der Waals surface area contributed by atoms with Crippen LogP contribution in [0.15, 0.2) is 133 Å². The van der Waals surface area contributed by atoms with Crippen LogP contribution in [0.5, 0.6) is 11.5 Å². The highest BCUT2D eigenvalue weighted by Gasteiger charge is 2.49. The molecule has 2 atom stereocenters. The van der Waals surface area contributed by atoms with Crippen molar-refractivity contribution in [3.8, 4) is 28.3 Å². The van der Waals surface area contributed by atoms with Gasteiger partial charge < -0.3 is 28.8 Å². The maximum atomic E-state index is 15.4. The first-order valence-electron chi connectivity index (χ1n) is 35.1. The molecule has 0 radical (unpaired) electrons. The lowest BCUT2D eigenvalue weighted by Crippen LogP contribution is -2.45. The van der Waals surface area contributed by atoms with Gasteiger partial charge in [-0.15, -0.1) is 0 Å². The predicted molar refractivity (Wildman–Crippen MR) is 399 cm³/mol. The summed E-state index contributed by atoms with van der Waals surface area (Å²) in [6.07, 6.45) is -4.26. The van der Waals surface area contributed by atoms with E-state index in [0.717, 1.165) is 101 Å². The van der Waals surface area contributed by atoms with Crippen LogP contribution in [0.1, 0.15) is 233 Å². The SMILES string of the molecule is Cc1cc(C2=CC(C(C)(C)CC(C)(C)C)=CC(n3c4ccc(C(C)(C)C)cc4c4cc(C(C)(C)C)ccc43)C2(O)OCCCOc2c(C)cc(C(F)(F)F)cc2-c2cc(C(C)(C)CC(C)(C)C)cc(-n3c4ccc(C(C)(C)C)cc4c4cc(C(C)(C)C)ccc43)c2O)cc(C(F)(F)F)c1. The van der Waals surface area contributed by atoms with E-state index in [-0.39, 0.29) is 91.5 Å². The van der Waals surface area contributed by atoms with Crippen LogP contribution in [0, 0.1) is 30.1 Å². The number of aromatic nitrogens is 2. The molecule has 99 heavy (non-hydrogen) atoms. The third-order valence-electron chi connectivity index (χ3n) is 20.0. The number of hydrogen-bond donors (Lipinski definition) is 2. The number of aliphatic hydroxyl groups is 1. The number of alkyl halides is 6. The number of allylic oxidation sites excluding steroid dienone is 2. The Hall–Kier alpha value is -7.28. The molecule has 0 amide bonds. The Kier molecular flexibility index (Phi) is 18.8. The first kappa shape index (κ1) is 74.4. The molecular weight excluding hydrogens is 1250 g/mol. The molecule has 2 aromatic heterocycles. The van der Waals surface area contributed by atoms with Gasteiger partial charge in [0.25, 0.3) is 0 Å². The quantitative estimate of drug-likeness (QED) is 0.0647. The molecule has 2 heterocycles. The van der Waals surface area contributed by atoms with Crippen LogP contribution in [0.25, 0.3) is 66.0 Å². The van der Waals surface area contributed by atoms with Gasteiger partial charge in [0.05, 0.1) is 41.1 Å². The number of fused-ring (bicyclic) bond motifs is 6. The molecule has 9 aromatic rings. The van der Waals surface area contributed by atoms with Gasteiger partial charge in [-0.3, -0.25) is 0 Å². The first-order valence-corrected chi connectivity index (χ1v) is 35.1. The molecule has 0 fully saturated rings. The second kappa shape index (κ2) is 25.1. The van der Waals surface area contributed by atoms with Crippen LogP contribution < -0.4 is 4.74 Å². The number of nitrogens with zero attached hydrogens (tertiary/aromatic N) is 2. The molecule has 10 rings (SSSR count). The van der Waals surface area contributed by atoms with Gasteiger partial charge >= 0.3 is 12.4 Å². The minimum Gasteiger partial charge on any atom is -0.505 e. The van der Waals surface area contributed by atoms with Gasteiger partial charge in [0.1, 0.15) is 17.5 Å². The molecule has 0 saturated carbocycles. The summed E-state index contributed by atoms with van der Waals surface area (Å²) in [6, 6.07) is 34.2. The third kappa shape index (κ3) is 15.1. The Balaban J connectivity index is 1.15. The summed E-state index contributed by atoms with van der Waals surface area (Å²) in [6.45, 7) is 50.2. The standard InChI is InChI=1S/C87H106F6N2O4/c1-51-36-53(39-60(37-51)86(88,89)90)68-46-59(84(23,24)50-78(6,7)8)48-74(95-71-32-28-56(81(15,16)17)42-64(71)65-43-57(82(18,19)20)29-33-72(65)95)85(68,97)99-35-25-34-98-76-52(2)38-61(87(91,92)93)45-67(76)66-44-58(83(21,22)49-77(3,4)5)47-73(75(66)96)94-69-30-26-54(79(9,10)11)40-62(69)63-41-55(80(12,13)14)27-31-70(63)94/h26-33,36-48,74,96-97H,25,34-35,49-50H2,1-24H3. The van der Waals surface area contributed by atoms with Crippen LogP contribution in [0.2, 0.25) is 0 Å². The van der Waals surface area contributed by atoms with Crippen molar-refractivity contribution in [3.05, 3.63) is 189 Å². The van der Waals surface area contributed by atoms with Crippen molar-refractivity contribution in [1.29, 1.82) is 0 Å². The molecule has 2 unspecified atom stereocenters. The van der Waals surface area contributed by atoms with E-state index in [4.69, 9.17) is 9.47 Å². The maximum absolute atomic E-state index is 15.4. The van der Waals surface area contributed by atoms with Crippen molar-refractivity contribution in [2.24, 2.45) is 16.2 Å². The van der Waals surface area contributed by atoms with E-state index in [9.17, 15) is 10.2 Å². The van der Waals surface area contributed by atoms with Gasteiger partial charge in [0, 0.05) is 55.7 Å². The average Bonchev–Trinajstić information content (AvgIpc) is 1.53. The second-order valence-electron chi connectivity index (χ2n) is 36.4. The smallest absolute Gasteiger partial charge is 0.416 e. The molecule has 6 nitrogen and oxygen atoms in total. The highest BCUT2D eigenvalue weighted by atomic mass is 19.4. The molecule has 530 valence electrons. The second-order valence-corrected chi connectivity index (χ2v) is 36.4. The summed E-state index contributed by atoms with van der Waals surface area (Å²) in [5.41, 5.74) is 6.40. The Morgan fingerprint density at radius 2 is 0.879 bits per heavy atom. The van der Waals surface area contributed by atoms with E-state index >= 15 is 26.3 Å². The monoisotopic (exact) mass is 1360 g/mol. The zero-order valence-electron chi connectivity index (χ0n) is 63.1. The summed E-state index contributed by atoms with van der Waals surface area (Å²) in [7, 11) is 0. The largest absolute Gasteiger partial charge is 0.505 e. The Labute approximate surface area is 584 Å². The number of ether oxygens (including phenoxy) is 2. The van der Waals surface area contributed by atoms with Crippen molar-refractivity contribution >= 4 is 49.2 Å². The van der Waals surface area contributed by atoms with Crippen LogP contribution in [-0.4, -0.2) is 38.3 Å². The van der Waals surface area contributed by atoms with E-state index in [1.807, 2.05) is 28.9 Å². The maximum Gasteiger partial charge on any atom is 0.416 e. The molecular formula is C87H106F6N2O4. The summed E-state index contributed by atoms with van der Waals surface area (Å²) < 4.78 is 110. The van der Waals surface area contributed by atoms with E-state index < -0.39 is 46.1 Å². The van der Waals surface area contributed by atoms with Crippen molar-refractivity contribution in [1.82, 2.24) is 9.13 Å². The molecule has 12 heteroatoms. The van der Waals surface area contributed by atoms with Gasteiger partial charge in [0.2, 0.25) is 5.79 Å². The fraction of sp³-hybridized carbons (Fsp3) is 0.471. The lowest BCUT2D eigenvalue weighted by molar-refractivity contribution is -0.179. The van der Waals surface area contributed by atoms with Crippen LogP contribution >= 0.6 is 0 Å². The molecule has 7 aromatic carbocycles. The molecule has 1 aliphatic rings. The number of benzene rings is 7. The minimum atomic E-state index is -4.79.